The summed E-state index contributed by atoms with van der Waals surface area (Å²) in [6, 6.07) is 0.740. The second-order valence-corrected chi connectivity index (χ2v) is 4.43. The van der Waals surface area contributed by atoms with Gasteiger partial charge < -0.3 is 10.2 Å². The van der Waals surface area contributed by atoms with Gasteiger partial charge in [-0.2, -0.15) is 0 Å². The minimum Gasteiger partial charge on any atom is -0.316 e. The van der Waals surface area contributed by atoms with Crippen molar-refractivity contribution in [2.45, 2.75) is 26.3 Å². The topological polar surface area (TPSA) is 15.3 Å². The van der Waals surface area contributed by atoms with Crippen molar-refractivity contribution >= 4 is 0 Å². The largest absolute Gasteiger partial charge is 0.316 e. The van der Waals surface area contributed by atoms with Gasteiger partial charge in [-0.1, -0.05) is 13.8 Å². The molecule has 1 atom stereocenters. The highest BCUT2D eigenvalue weighted by molar-refractivity contribution is 4.89. The van der Waals surface area contributed by atoms with E-state index >= 15 is 0 Å². The van der Waals surface area contributed by atoms with Crippen LogP contribution in [0.2, 0.25) is 0 Å². The molecule has 2 heteroatoms. The van der Waals surface area contributed by atoms with Gasteiger partial charge in [-0.3, -0.25) is 0 Å². The maximum Gasteiger partial charge on any atom is 0.0164 e. The van der Waals surface area contributed by atoms with E-state index in [2.05, 4.69) is 38.2 Å². The lowest BCUT2D eigenvalue weighted by Gasteiger charge is -2.42. The molecule has 1 fully saturated rings. The van der Waals surface area contributed by atoms with Crippen LogP contribution in [-0.2, 0) is 0 Å². The van der Waals surface area contributed by atoms with Crippen molar-refractivity contribution in [1.82, 2.24) is 10.2 Å². The summed E-state index contributed by atoms with van der Waals surface area (Å²) in [5, 5.41) is 3.43. The molecule has 0 amide bonds. The minimum absolute atomic E-state index is 0.432. The lowest BCUT2D eigenvalue weighted by molar-refractivity contribution is 0.0993. The molecule has 1 rings (SSSR count). The van der Waals surface area contributed by atoms with E-state index < -0.39 is 0 Å². The summed E-state index contributed by atoms with van der Waals surface area (Å²) in [6.45, 7) is 7.00. The number of nitrogens with one attached hydrogen (secondary N) is 1. The fourth-order valence-electron chi connectivity index (χ4n) is 2.12. The molecule has 1 N–H and O–H groups in total. The van der Waals surface area contributed by atoms with Crippen molar-refractivity contribution in [3.05, 3.63) is 0 Å². The Morgan fingerprint density at radius 2 is 2.00 bits per heavy atom. The number of piperidine rings is 1. The van der Waals surface area contributed by atoms with E-state index in [0.29, 0.717) is 5.41 Å². The van der Waals surface area contributed by atoms with Gasteiger partial charge in [-0.05, 0) is 32.5 Å². The van der Waals surface area contributed by atoms with Crippen LogP contribution in [-0.4, -0.2) is 38.1 Å². The van der Waals surface area contributed by atoms with E-state index in [9.17, 15) is 0 Å². The molecule has 1 unspecified atom stereocenters. The zero-order valence-electron chi connectivity index (χ0n) is 8.15. The van der Waals surface area contributed by atoms with Crippen LogP contribution in [0.3, 0.4) is 0 Å². The van der Waals surface area contributed by atoms with Crippen LogP contribution in [0.1, 0.15) is 20.3 Å². The molecule has 2 nitrogen and oxygen atoms in total. The minimum atomic E-state index is 0.432. The molecule has 11 heavy (non-hydrogen) atoms. The molecule has 0 aromatic carbocycles. The van der Waals surface area contributed by atoms with Gasteiger partial charge in [-0.25, -0.2) is 0 Å². The maximum atomic E-state index is 3.43. The molecule has 0 radical (unpaired) electrons. The summed E-state index contributed by atoms with van der Waals surface area (Å²) in [5.41, 5.74) is 0.432. The second kappa shape index (κ2) is 3.11. The van der Waals surface area contributed by atoms with E-state index in [1.165, 1.54) is 13.0 Å². The first-order valence-electron chi connectivity index (χ1n) is 4.41. The summed E-state index contributed by atoms with van der Waals surface area (Å²) in [6.07, 6.45) is 1.28. The van der Waals surface area contributed by atoms with Crippen molar-refractivity contribution in [1.29, 1.82) is 0 Å². The Hall–Kier alpha value is -0.0800. The standard InChI is InChI=1S/C9H20N2/c1-9(2)7-10-6-5-8(9)11(3)4/h8,10H,5-7H2,1-4H3. The molecule has 1 aliphatic rings. The third-order valence-electron chi connectivity index (χ3n) is 2.70. The summed E-state index contributed by atoms with van der Waals surface area (Å²) >= 11 is 0. The number of nitrogens with zero attached hydrogens (tertiary/aromatic N) is 1. The van der Waals surface area contributed by atoms with Crippen LogP contribution in [0.4, 0.5) is 0 Å². The molecule has 0 aliphatic carbocycles. The van der Waals surface area contributed by atoms with E-state index in [1.54, 1.807) is 0 Å². The van der Waals surface area contributed by atoms with Gasteiger partial charge in [0, 0.05) is 12.6 Å². The first-order chi connectivity index (χ1) is 5.04. The monoisotopic (exact) mass is 156 g/mol. The third kappa shape index (κ3) is 1.94. The normalized spacial score (nSPS) is 30.8. The third-order valence-corrected chi connectivity index (χ3v) is 2.70. The molecular weight excluding hydrogens is 136 g/mol. The highest BCUT2D eigenvalue weighted by atomic mass is 15.1. The molecule has 66 valence electrons. The Kier molecular flexibility index (Phi) is 2.55. The van der Waals surface area contributed by atoms with Crippen molar-refractivity contribution in [2.75, 3.05) is 27.2 Å². The van der Waals surface area contributed by atoms with Gasteiger partial charge >= 0.3 is 0 Å². The summed E-state index contributed by atoms with van der Waals surface area (Å²) in [5.74, 6) is 0. The number of hydrogen-bond acceptors (Lipinski definition) is 2. The van der Waals surface area contributed by atoms with Gasteiger partial charge in [-0.15, -0.1) is 0 Å². The highest BCUT2D eigenvalue weighted by Gasteiger charge is 2.33. The number of hydrogen-bond donors (Lipinski definition) is 1. The quantitative estimate of drug-likeness (QED) is 0.608. The Bertz CT molecular complexity index is 130. The first kappa shape index (κ1) is 9.01. The van der Waals surface area contributed by atoms with Crippen molar-refractivity contribution in [3.63, 3.8) is 0 Å². The predicted octanol–water partition coefficient (Wildman–Crippen LogP) is 0.936. The zero-order chi connectivity index (χ0) is 8.48. The molecule has 1 heterocycles. The van der Waals surface area contributed by atoms with Crippen molar-refractivity contribution < 1.29 is 0 Å². The average Bonchev–Trinajstić information content (AvgIpc) is 1.85. The molecule has 1 saturated heterocycles. The Morgan fingerprint density at radius 3 is 2.36 bits per heavy atom. The molecular formula is C9H20N2. The van der Waals surface area contributed by atoms with Crippen LogP contribution in [0, 0.1) is 5.41 Å². The van der Waals surface area contributed by atoms with Crippen LogP contribution >= 0.6 is 0 Å². The SMILES string of the molecule is CN(C)C1CCNCC1(C)C. The highest BCUT2D eigenvalue weighted by Crippen LogP contribution is 2.27. The zero-order valence-corrected chi connectivity index (χ0v) is 8.15. The lowest BCUT2D eigenvalue weighted by Crippen LogP contribution is -2.52. The number of rotatable bonds is 1. The molecule has 0 spiro atoms. The molecule has 0 aromatic heterocycles. The van der Waals surface area contributed by atoms with Crippen molar-refractivity contribution in [3.8, 4) is 0 Å². The maximum absolute atomic E-state index is 3.43. The molecule has 1 aliphatic heterocycles. The summed E-state index contributed by atoms with van der Waals surface area (Å²) in [4.78, 5) is 2.35. The Balaban J connectivity index is 2.60. The van der Waals surface area contributed by atoms with Crippen LogP contribution in [0.25, 0.3) is 0 Å². The van der Waals surface area contributed by atoms with Gasteiger partial charge in [0.15, 0.2) is 0 Å². The van der Waals surface area contributed by atoms with Crippen LogP contribution in [0.15, 0.2) is 0 Å². The van der Waals surface area contributed by atoms with Crippen LogP contribution in [0.5, 0.6) is 0 Å². The van der Waals surface area contributed by atoms with Gasteiger partial charge in [0.2, 0.25) is 0 Å². The molecule has 0 aromatic rings. The van der Waals surface area contributed by atoms with Crippen LogP contribution < -0.4 is 5.32 Å². The van der Waals surface area contributed by atoms with E-state index in [4.69, 9.17) is 0 Å². The van der Waals surface area contributed by atoms with E-state index in [1.807, 2.05) is 0 Å². The molecule has 0 bridgehead atoms. The average molecular weight is 156 g/mol. The first-order valence-corrected chi connectivity index (χ1v) is 4.41. The van der Waals surface area contributed by atoms with Gasteiger partial charge in [0.05, 0.1) is 0 Å². The van der Waals surface area contributed by atoms with E-state index in [-0.39, 0.29) is 0 Å². The van der Waals surface area contributed by atoms with Crippen molar-refractivity contribution in [2.24, 2.45) is 5.41 Å². The summed E-state index contributed by atoms with van der Waals surface area (Å²) in [7, 11) is 4.36. The smallest absolute Gasteiger partial charge is 0.0164 e. The van der Waals surface area contributed by atoms with Gasteiger partial charge in [0.1, 0.15) is 0 Å². The summed E-state index contributed by atoms with van der Waals surface area (Å²) < 4.78 is 0. The lowest BCUT2D eigenvalue weighted by atomic mass is 9.79. The Morgan fingerprint density at radius 1 is 1.36 bits per heavy atom. The fraction of sp³-hybridized carbons (Fsp3) is 1.00. The second-order valence-electron chi connectivity index (χ2n) is 4.43. The van der Waals surface area contributed by atoms with E-state index in [0.717, 1.165) is 12.6 Å². The van der Waals surface area contributed by atoms with Gasteiger partial charge in [0.25, 0.3) is 0 Å². The Labute approximate surface area is 70.0 Å². The molecule has 0 saturated carbocycles. The predicted molar refractivity (Wildman–Crippen MR) is 48.7 cm³/mol. The fourth-order valence-corrected chi connectivity index (χ4v) is 2.12.